The summed E-state index contributed by atoms with van der Waals surface area (Å²) in [7, 11) is 0. The molecule has 3 nitrogen and oxygen atoms in total. The van der Waals surface area contributed by atoms with Crippen molar-refractivity contribution in [1.29, 1.82) is 0 Å². The molecule has 0 bridgehead atoms. The van der Waals surface area contributed by atoms with Gasteiger partial charge in [-0.05, 0) is 24.1 Å². The number of rotatable bonds is 1. The summed E-state index contributed by atoms with van der Waals surface area (Å²) < 4.78 is 12.9. The topological polar surface area (TPSA) is 40.5 Å². The summed E-state index contributed by atoms with van der Waals surface area (Å²) in [5, 5.41) is 10.7. The fourth-order valence-electron chi connectivity index (χ4n) is 2.58. The smallest absolute Gasteiger partial charge is 0.219 e. The lowest BCUT2D eigenvalue weighted by atomic mass is 9.77. The molecule has 1 aromatic carbocycles. The van der Waals surface area contributed by atoms with Crippen LogP contribution in [0.4, 0.5) is 4.39 Å². The lowest BCUT2D eigenvalue weighted by Crippen LogP contribution is -2.50. The molecule has 1 fully saturated rings. The van der Waals surface area contributed by atoms with E-state index in [0.717, 1.165) is 5.56 Å². The molecule has 1 N–H and O–H groups in total. The molecule has 98 valence electrons. The molecule has 0 spiro atoms. The Bertz CT molecular complexity index is 446. The first-order valence-corrected chi connectivity index (χ1v) is 6.17. The van der Waals surface area contributed by atoms with Crippen LogP contribution in [0.2, 0.25) is 0 Å². The summed E-state index contributed by atoms with van der Waals surface area (Å²) in [4.78, 5) is 13.1. The Kier molecular flexibility index (Phi) is 3.39. The van der Waals surface area contributed by atoms with E-state index in [4.69, 9.17) is 0 Å². The second-order valence-electron chi connectivity index (χ2n) is 5.05. The number of piperidine rings is 1. The van der Waals surface area contributed by atoms with Crippen molar-refractivity contribution in [2.75, 3.05) is 13.1 Å². The largest absolute Gasteiger partial charge is 0.385 e. The van der Waals surface area contributed by atoms with E-state index in [1.807, 2.05) is 6.92 Å². The van der Waals surface area contributed by atoms with Gasteiger partial charge < -0.3 is 10.0 Å². The predicted octanol–water partition coefficient (Wildman–Crippen LogP) is 1.90. The SMILES string of the molecule is CC(=O)N1CCC(O)(c2ccc(F)cc2)C(C)C1. The van der Waals surface area contributed by atoms with Gasteiger partial charge in [-0.15, -0.1) is 0 Å². The van der Waals surface area contributed by atoms with Crippen molar-refractivity contribution in [3.63, 3.8) is 0 Å². The molecule has 1 amide bonds. The summed E-state index contributed by atoms with van der Waals surface area (Å²) in [5.41, 5.74) is -0.251. The molecule has 0 aromatic heterocycles. The quantitative estimate of drug-likeness (QED) is 0.828. The third-order valence-electron chi connectivity index (χ3n) is 3.86. The van der Waals surface area contributed by atoms with Gasteiger partial charge in [0.15, 0.2) is 0 Å². The summed E-state index contributed by atoms with van der Waals surface area (Å²) in [6, 6.07) is 5.96. The monoisotopic (exact) mass is 251 g/mol. The van der Waals surface area contributed by atoms with Gasteiger partial charge in [-0.2, -0.15) is 0 Å². The van der Waals surface area contributed by atoms with E-state index in [1.165, 1.54) is 19.1 Å². The van der Waals surface area contributed by atoms with Gasteiger partial charge >= 0.3 is 0 Å². The first kappa shape index (κ1) is 13.0. The van der Waals surface area contributed by atoms with Crippen molar-refractivity contribution in [2.45, 2.75) is 25.9 Å². The van der Waals surface area contributed by atoms with E-state index >= 15 is 0 Å². The number of aliphatic hydroxyl groups is 1. The first-order valence-electron chi connectivity index (χ1n) is 6.17. The highest BCUT2D eigenvalue weighted by atomic mass is 19.1. The van der Waals surface area contributed by atoms with Crippen molar-refractivity contribution in [3.8, 4) is 0 Å². The fourth-order valence-corrected chi connectivity index (χ4v) is 2.58. The number of hydrogen-bond acceptors (Lipinski definition) is 2. The van der Waals surface area contributed by atoms with Crippen LogP contribution >= 0.6 is 0 Å². The summed E-state index contributed by atoms with van der Waals surface area (Å²) >= 11 is 0. The van der Waals surface area contributed by atoms with Crippen LogP contribution in [-0.2, 0) is 10.4 Å². The molecule has 1 aliphatic heterocycles. The highest BCUT2D eigenvalue weighted by Crippen LogP contribution is 2.37. The van der Waals surface area contributed by atoms with Gasteiger partial charge in [-0.25, -0.2) is 4.39 Å². The maximum atomic E-state index is 12.9. The molecular weight excluding hydrogens is 233 g/mol. The van der Waals surface area contributed by atoms with Crippen molar-refractivity contribution in [1.82, 2.24) is 4.90 Å². The van der Waals surface area contributed by atoms with Gasteiger partial charge in [0.05, 0.1) is 5.60 Å². The van der Waals surface area contributed by atoms with E-state index in [9.17, 15) is 14.3 Å². The Morgan fingerprint density at radius 1 is 1.44 bits per heavy atom. The maximum Gasteiger partial charge on any atom is 0.219 e. The van der Waals surface area contributed by atoms with E-state index < -0.39 is 5.60 Å². The Morgan fingerprint density at radius 3 is 2.56 bits per heavy atom. The number of carbonyl (C=O) groups excluding carboxylic acids is 1. The highest BCUT2D eigenvalue weighted by molar-refractivity contribution is 5.73. The number of hydrogen-bond donors (Lipinski definition) is 1. The molecule has 1 heterocycles. The van der Waals surface area contributed by atoms with Crippen LogP contribution in [0.5, 0.6) is 0 Å². The van der Waals surface area contributed by atoms with Crippen molar-refractivity contribution >= 4 is 5.91 Å². The molecule has 0 aliphatic carbocycles. The molecular formula is C14H18FNO2. The normalized spacial score (nSPS) is 28.2. The molecule has 18 heavy (non-hydrogen) atoms. The van der Waals surface area contributed by atoms with E-state index in [0.29, 0.717) is 19.5 Å². The number of benzene rings is 1. The zero-order chi connectivity index (χ0) is 13.3. The van der Waals surface area contributed by atoms with E-state index in [2.05, 4.69) is 0 Å². The minimum atomic E-state index is -0.973. The zero-order valence-electron chi connectivity index (χ0n) is 10.7. The third kappa shape index (κ3) is 2.25. The standard InChI is InChI=1S/C14H18FNO2/c1-10-9-16(11(2)17)8-7-14(10,18)12-3-5-13(15)6-4-12/h3-6,10,18H,7-9H2,1-2H3. The van der Waals surface area contributed by atoms with E-state index in [1.54, 1.807) is 17.0 Å². The molecule has 0 saturated carbocycles. The van der Waals surface area contributed by atoms with Crippen LogP contribution in [0, 0.1) is 11.7 Å². The highest BCUT2D eigenvalue weighted by Gasteiger charge is 2.40. The van der Waals surface area contributed by atoms with E-state index in [-0.39, 0.29) is 17.6 Å². The molecule has 1 saturated heterocycles. The van der Waals surface area contributed by atoms with Crippen LogP contribution in [0.25, 0.3) is 0 Å². The van der Waals surface area contributed by atoms with Gasteiger partial charge in [-0.1, -0.05) is 19.1 Å². The fraction of sp³-hybridized carbons (Fsp3) is 0.500. The van der Waals surface area contributed by atoms with Gasteiger partial charge in [0.2, 0.25) is 5.91 Å². The van der Waals surface area contributed by atoms with Gasteiger partial charge in [0.25, 0.3) is 0 Å². The Labute approximate surface area is 106 Å². The number of amides is 1. The zero-order valence-corrected chi connectivity index (χ0v) is 10.7. The molecule has 2 rings (SSSR count). The van der Waals surface area contributed by atoms with Crippen LogP contribution < -0.4 is 0 Å². The van der Waals surface area contributed by atoms with Crippen molar-refractivity contribution in [2.24, 2.45) is 5.92 Å². The Balaban J connectivity index is 2.22. The first-order chi connectivity index (χ1) is 8.43. The molecule has 2 atom stereocenters. The summed E-state index contributed by atoms with van der Waals surface area (Å²) in [6.45, 7) is 4.52. The van der Waals surface area contributed by atoms with Gasteiger partial charge in [0, 0.05) is 25.9 Å². The average Bonchev–Trinajstić information content (AvgIpc) is 2.33. The third-order valence-corrected chi connectivity index (χ3v) is 3.86. The average molecular weight is 251 g/mol. The van der Waals surface area contributed by atoms with Crippen LogP contribution in [0.1, 0.15) is 25.8 Å². The summed E-state index contributed by atoms with van der Waals surface area (Å²) in [5.74, 6) is -0.347. The second kappa shape index (κ2) is 4.69. The van der Waals surface area contributed by atoms with Crippen LogP contribution in [-0.4, -0.2) is 29.0 Å². The maximum absolute atomic E-state index is 12.9. The van der Waals surface area contributed by atoms with Gasteiger partial charge in [0.1, 0.15) is 5.82 Å². The van der Waals surface area contributed by atoms with Crippen molar-refractivity contribution in [3.05, 3.63) is 35.6 Å². The van der Waals surface area contributed by atoms with Crippen molar-refractivity contribution < 1.29 is 14.3 Å². The second-order valence-corrected chi connectivity index (χ2v) is 5.05. The number of likely N-dealkylation sites (tertiary alicyclic amines) is 1. The minimum absolute atomic E-state index is 0.0306. The lowest BCUT2D eigenvalue weighted by Gasteiger charge is -2.43. The Hall–Kier alpha value is -1.42. The molecule has 0 radical (unpaired) electrons. The minimum Gasteiger partial charge on any atom is -0.385 e. The number of nitrogens with zero attached hydrogens (tertiary/aromatic N) is 1. The van der Waals surface area contributed by atoms with Gasteiger partial charge in [-0.3, -0.25) is 4.79 Å². The van der Waals surface area contributed by atoms with Crippen LogP contribution in [0.3, 0.4) is 0 Å². The van der Waals surface area contributed by atoms with Crippen LogP contribution in [0.15, 0.2) is 24.3 Å². The summed E-state index contributed by atoms with van der Waals surface area (Å²) in [6.07, 6.45) is 0.485. The number of carbonyl (C=O) groups is 1. The predicted molar refractivity (Wildman–Crippen MR) is 66.3 cm³/mol. The lowest BCUT2D eigenvalue weighted by molar-refractivity contribution is -0.137. The number of halogens is 1. The molecule has 4 heteroatoms. The molecule has 2 unspecified atom stereocenters. The molecule has 1 aliphatic rings. The molecule has 1 aromatic rings. The Morgan fingerprint density at radius 2 is 2.06 bits per heavy atom.